The highest BCUT2D eigenvalue weighted by Gasteiger charge is 2.17. The highest BCUT2D eigenvalue weighted by Crippen LogP contribution is 2.21. The SMILES string of the molecule is O=C(Nc1nn(Cc2ccc(Cl)cc2)cc1Cl)c1cnn2cccnc12. The van der Waals surface area contributed by atoms with Gasteiger partial charge in [-0.1, -0.05) is 35.3 Å². The quantitative estimate of drug-likeness (QED) is 0.581. The van der Waals surface area contributed by atoms with E-state index in [-0.39, 0.29) is 11.7 Å². The van der Waals surface area contributed by atoms with E-state index in [2.05, 4.69) is 20.5 Å². The molecule has 9 heteroatoms. The van der Waals surface area contributed by atoms with Crippen LogP contribution < -0.4 is 5.32 Å². The van der Waals surface area contributed by atoms with Crippen molar-refractivity contribution in [1.29, 1.82) is 0 Å². The second-order valence-electron chi connectivity index (χ2n) is 5.55. The van der Waals surface area contributed by atoms with Gasteiger partial charge in [0.25, 0.3) is 5.91 Å². The second kappa shape index (κ2) is 6.78. The van der Waals surface area contributed by atoms with Crippen molar-refractivity contribution in [3.63, 3.8) is 0 Å². The summed E-state index contributed by atoms with van der Waals surface area (Å²) in [4.78, 5) is 16.7. The molecule has 0 saturated carbocycles. The van der Waals surface area contributed by atoms with Crippen LogP contribution in [0.1, 0.15) is 15.9 Å². The van der Waals surface area contributed by atoms with Gasteiger partial charge in [-0.25, -0.2) is 9.50 Å². The molecule has 4 aromatic rings. The zero-order chi connectivity index (χ0) is 18.1. The van der Waals surface area contributed by atoms with Crippen molar-refractivity contribution in [2.75, 3.05) is 5.32 Å². The number of benzene rings is 1. The lowest BCUT2D eigenvalue weighted by atomic mass is 10.2. The molecular formula is C17H12Cl2N6O. The summed E-state index contributed by atoms with van der Waals surface area (Å²) in [6.07, 6.45) is 6.42. The van der Waals surface area contributed by atoms with E-state index in [0.717, 1.165) is 5.56 Å². The molecule has 0 unspecified atom stereocenters. The van der Waals surface area contributed by atoms with Crippen LogP contribution in [0.4, 0.5) is 5.82 Å². The fourth-order valence-electron chi connectivity index (χ4n) is 2.50. The zero-order valence-electron chi connectivity index (χ0n) is 13.3. The Hall–Kier alpha value is -2.90. The van der Waals surface area contributed by atoms with E-state index in [9.17, 15) is 4.79 Å². The Balaban J connectivity index is 1.54. The van der Waals surface area contributed by atoms with Crippen molar-refractivity contribution in [1.82, 2.24) is 24.4 Å². The van der Waals surface area contributed by atoms with Gasteiger partial charge in [0.15, 0.2) is 11.5 Å². The number of nitrogens with one attached hydrogen (secondary N) is 1. The van der Waals surface area contributed by atoms with Crippen molar-refractivity contribution < 1.29 is 4.79 Å². The molecule has 0 radical (unpaired) electrons. The minimum atomic E-state index is -0.377. The molecule has 0 saturated heterocycles. The summed E-state index contributed by atoms with van der Waals surface area (Å²) in [6.45, 7) is 0.505. The van der Waals surface area contributed by atoms with E-state index >= 15 is 0 Å². The van der Waals surface area contributed by atoms with Crippen molar-refractivity contribution in [2.45, 2.75) is 6.54 Å². The third-order valence-corrected chi connectivity index (χ3v) is 4.26. The number of amides is 1. The number of carbonyl (C=O) groups is 1. The maximum atomic E-state index is 12.5. The highest BCUT2D eigenvalue weighted by molar-refractivity contribution is 6.33. The second-order valence-corrected chi connectivity index (χ2v) is 6.39. The van der Waals surface area contributed by atoms with E-state index in [1.807, 2.05) is 24.3 Å². The van der Waals surface area contributed by atoms with Crippen LogP contribution >= 0.6 is 23.2 Å². The Morgan fingerprint density at radius 3 is 2.81 bits per heavy atom. The highest BCUT2D eigenvalue weighted by atomic mass is 35.5. The number of fused-ring (bicyclic) bond motifs is 1. The average Bonchev–Trinajstić information content (AvgIpc) is 3.21. The molecule has 0 spiro atoms. The lowest BCUT2D eigenvalue weighted by molar-refractivity contribution is 0.102. The van der Waals surface area contributed by atoms with E-state index in [0.29, 0.717) is 27.8 Å². The summed E-state index contributed by atoms with van der Waals surface area (Å²) in [5, 5.41) is 12.1. The summed E-state index contributed by atoms with van der Waals surface area (Å²) in [6, 6.07) is 9.16. The van der Waals surface area contributed by atoms with Gasteiger partial charge in [0.2, 0.25) is 0 Å². The molecule has 0 fully saturated rings. The monoisotopic (exact) mass is 386 g/mol. The first-order valence-electron chi connectivity index (χ1n) is 7.67. The number of halogens is 2. The Bertz CT molecular complexity index is 1090. The molecule has 0 aliphatic carbocycles. The smallest absolute Gasteiger partial charge is 0.262 e. The van der Waals surface area contributed by atoms with Crippen molar-refractivity contribution in [3.8, 4) is 0 Å². The predicted molar refractivity (Wildman–Crippen MR) is 98.7 cm³/mol. The van der Waals surface area contributed by atoms with Gasteiger partial charge in [0, 0.05) is 23.6 Å². The summed E-state index contributed by atoms with van der Waals surface area (Å²) in [5.41, 5.74) is 1.81. The molecule has 0 aliphatic rings. The Morgan fingerprint density at radius 2 is 2.00 bits per heavy atom. The van der Waals surface area contributed by atoms with Crippen LogP contribution in [-0.2, 0) is 6.54 Å². The lowest BCUT2D eigenvalue weighted by Gasteiger charge is -2.03. The largest absolute Gasteiger partial charge is 0.304 e. The number of rotatable bonds is 4. The molecule has 0 aliphatic heterocycles. The maximum absolute atomic E-state index is 12.5. The molecule has 1 N–H and O–H groups in total. The lowest BCUT2D eigenvalue weighted by Crippen LogP contribution is -2.13. The minimum absolute atomic E-state index is 0.279. The van der Waals surface area contributed by atoms with Gasteiger partial charge >= 0.3 is 0 Å². The third-order valence-electron chi connectivity index (χ3n) is 3.73. The molecule has 1 aromatic carbocycles. The van der Waals surface area contributed by atoms with Gasteiger partial charge in [-0.15, -0.1) is 0 Å². The number of hydrogen-bond acceptors (Lipinski definition) is 4. The first-order valence-corrected chi connectivity index (χ1v) is 8.43. The van der Waals surface area contributed by atoms with Crippen LogP contribution in [0.25, 0.3) is 5.65 Å². The summed E-state index contributed by atoms with van der Waals surface area (Å²) >= 11 is 12.1. The summed E-state index contributed by atoms with van der Waals surface area (Å²) in [5.74, 6) is -0.0988. The molecule has 4 rings (SSSR count). The van der Waals surface area contributed by atoms with Gasteiger partial charge in [0.1, 0.15) is 10.6 Å². The van der Waals surface area contributed by atoms with E-state index in [1.54, 1.807) is 29.3 Å². The number of carbonyl (C=O) groups excluding carboxylic acids is 1. The number of nitrogens with zero attached hydrogens (tertiary/aromatic N) is 5. The molecule has 26 heavy (non-hydrogen) atoms. The fourth-order valence-corrected chi connectivity index (χ4v) is 2.83. The number of anilines is 1. The van der Waals surface area contributed by atoms with Gasteiger partial charge in [0.05, 0.1) is 12.7 Å². The average molecular weight is 387 g/mol. The summed E-state index contributed by atoms with van der Waals surface area (Å²) < 4.78 is 3.17. The molecule has 7 nitrogen and oxygen atoms in total. The minimum Gasteiger partial charge on any atom is -0.304 e. The van der Waals surface area contributed by atoms with E-state index in [4.69, 9.17) is 23.2 Å². The van der Waals surface area contributed by atoms with Crippen molar-refractivity contribution in [2.24, 2.45) is 0 Å². The fraction of sp³-hybridized carbons (Fsp3) is 0.0588. The third kappa shape index (κ3) is 3.26. The Morgan fingerprint density at radius 1 is 1.19 bits per heavy atom. The normalized spacial score (nSPS) is 11.0. The van der Waals surface area contributed by atoms with Crippen LogP contribution in [0.3, 0.4) is 0 Å². The molecule has 3 aromatic heterocycles. The van der Waals surface area contributed by atoms with Crippen LogP contribution in [0, 0.1) is 0 Å². The van der Waals surface area contributed by atoms with Crippen molar-refractivity contribution in [3.05, 3.63) is 76.3 Å². The predicted octanol–water partition coefficient (Wildman–Crippen LogP) is 3.53. The van der Waals surface area contributed by atoms with Crippen LogP contribution in [0.15, 0.2) is 55.1 Å². The van der Waals surface area contributed by atoms with Crippen LogP contribution in [-0.4, -0.2) is 30.3 Å². The van der Waals surface area contributed by atoms with Gasteiger partial charge < -0.3 is 5.32 Å². The molecule has 0 atom stereocenters. The molecule has 1 amide bonds. The molecule has 130 valence electrons. The molecule has 0 bridgehead atoms. The van der Waals surface area contributed by atoms with Gasteiger partial charge in [-0.05, 0) is 23.8 Å². The van der Waals surface area contributed by atoms with Crippen molar-refractivity contribution >= 4 is 40.6 Å². The van der Waals surface area contributed by atoms with Gasteiger partial charge in [-0.2, -0.15) is 10.2 Å². The number of hydrogen-bond donors (Lipinski definition) is 1. The summed E-state index contributed by atoms with van der Waals surface area (Å²) in [7, 11) is 0. The van der Waals surface area contributed by atoms with E-state index in [1.165, 1.54) is 10.7 Å². The maximum Gasteiger partial charge on any atom is 0.262 e. The molecular weight excluding hydrogens is 375 g/mol. The van der Waals surface area contributed by atoms with Gasteiger partial charge in [-0.3, -0.25) is 9.48 Å². The van der Waals surface area contributed by atoms with Crippen LogP contribution in [0.5, 0.6) is 0 Å². The van der Waals surface area contributed by atoms with E-state index < -0.39 is 0 Å². The van der Waals surface area contributed by atoms with Crippen LogP contribution in [0.2, 0.25) is 10.0 Å². The Kier molecular flexibility index (Phi) is 4.32. The Labute approximate surface area is 158 Å². The molecule has 3 heterocycles. The standard InChI is InChI=1S/C17H12Cl2N6O/c18-12-4-2-11(3-5-12)9-24-10-14(19)15(23-24)22-17(26)13-8-21-25-7-1-6-20-16(13)25/h1-8,10H,9H2,(H,22,23,26). The number of aromatic nitrogens is 5. The first kappa shape index (κ1) is 16.6. The first-order chi connectivity index (χ1) is 12.6. The topological polar surface area (TPSA) is 77.1 Å². The zero-order valence-corrected chi connectivity index (χ0v) is 14.8.